The van der Waals surface area contributed by atoms with Crippen molar-refractivity contribution in [2.24, 2.45) is 0 Å². The number of rotatable bonds is 6. The fraction of sp³-hybridized carbons (Fsp3) is 0.292. The number of pyridine rings is 1. The molecule has 1 saturated heterocycles. The van der Waals surface area contributed by atoms with Crippen LogP contribution in [0.3, 0.4) is 0 Å². The highest BCUT2D eigenvalue weighted by Crippen LogP contribution is 2.21. The van der Waals surface area contributed by atoms with Crippen LogP contribution in [-0.4, -0.2) is 43.5 Å². The molecular weight excluding hydrogens is 427 g/mol. The SMILES string of the molecule is C[C@@H]1CN(Cc2ccc(NS(=O)(=O)c3ccc(-c4ccc(F)cc4)nc3)cc2)C[C@H](C)N1. The maximum atomic E-state index is 13.1. The zero-order valence-corrected chi connectivity index (χ0v) is 18.9. The summed E-state index contributed by atoms with van der Waals surface area (Å²) in [5.74, 6) is -0.333. The topological polar surface area (TPSA) is 74.3 Å². The minimum atomic E-state index is -3.76. The average molecular weight is 455 g/mol. The number of hydrogen-bond donors (Lipinski definition) is 2. The molecule has 0 aliphatic carbocycles. The number of anilines is 1. The summed E-state index contributed by atoms with van der Waals surface area (Å²) < 4.78 is 41.2. The summed E-state index contributed by atoms with van der Waals surface area (Å²) in [4.78, 5) is 6.69. The fourth-order valence-corrected chi connectivity index (χ4v) is 5.05. The second kappa shape index (κ2) is 9.36. The molecule has 3 aromatic rings. The first-order chi connectivity index (χ1) is 15.3. The Hall–Kier alpha value is -2.81. The van der Waals surface area contributed by atoms with Gasteiger partial charge in [-0.1, -0.05) is 12.1 Å². The number of sulfonamides is 1. The van der Waals surface area contributed by atoms with Gasteiger partial charge in [0.2, 0.25) is 0 Å². The molecule has 1 aliphatic heterocycles. The van der Waals surface area contributed by atoms with E-state index in [9.17, 15) is 12.8 Å². The molecule has 2 N–H and O–H groups in total. The first-order valence-corrected chi connectivity index (χ1v) is 12.1. The Kier molecular flexibility index (Phi) is 6.55. The number of hydrogen-bond acceptors (Lipinski definition) is 5. The van der Waals surface area contributed by atoms with E-state index in [1.165, 1.54) is 24.4 Å². The van der Waals surface area contributed by atoms with Crippen molar-refractivity contribution >= 4 is 15.7 Å². The first-order valence-electron chi connectivity index (χ1n) is 10.6. The molecule has 1 aromatic heterocycles. The Morgan fingerprint density at radius 2 is 1.66 bits per heavy atom. The van der Waals surface area contributed by atoms with Gasteiger partial charge in [-0.3, -0.25) is 14.6 Å². The van der Waals surface area contributed by atoms with E-state index in [-0.39, 0.29) is 10.7 Å². The van der Waals surface area contributed by atoms with Crippen LogP contribution < -0.4 is 10.0 Å². The van der Waals surface area contributed by atoms with Gasteiger partial charge in [0.15, 0.2) is 0 Å². The molecule has 0 unspecified atom stereocenters. The molecule has 4 rings (SSSR count). The Morgan fingerprint density at radius 1 is 1.00 bits per heavy atom. The van der Waals surface area contributed by atoms with Gasteiger partial charge in [-0.05, 0) is 67.9 Å². The number of nitrogens with zero attached hydrogens (tertiary/aromatic N) is 2. The lowest BCUT2D eigenvalue weighted by Crippen LogP contribution is -2.53. The number of halogens is 1. The lowest BCUT2D eigenvalue weighted by molar-refractivity contribution is 0.166. The predicted octanol–water partition coefficient (Wildman–Crippen LogP) is 3.87. The molecule has 168 valence electrons. The minimum Gasteiger partial charge on any atom is -0.309 e. The normalized spacial score (nSPS) is 19.6. The summed E-state index contributed by atoms with van der Waals surface area (Å²) in [7, 11) is -3.76. The van der Waals surface area contributed by atoms with Gasteiger partial charge in [0.25, 0.3) is 10.0 Å². The van der Waals surface area contributed by atoms with Crippen molar-refractivity contribution in [2.45, 2.75) is 37.4 Å². The van der Waals surface area contributed by atoms with Crippen molar-refractivity contribution in [1.29, 1.82) is 0 Å². The summed E-state index contributed by atoms with van der Waals surface area (Å²) in [5.41, 5.74) is 2.93. The fourth-order valence-electron chi connectivity index (χ4n) is 4.05. The highest BCUT2D eigenvalue weighted by Gasteiger charge is 2.21. The summed E-state index contributed by atoms with van der Waals surface area (Å²) in [6.07, 6.45) is 1.31. The van der Waals surface area contributed by atoms with Crippen LogP contribution in [0.25, 0.3) is 11.3 Å². The summed E-state index contributed by atoms with van der Waals surface area (Å²) in [5, 5.41) is 3.52. The van der Waals surface area contributed by atoms with Gasteiger partial charge >= 0.3 is 0 Å². The van der Waals surface area contributed by atoms with Gasteiger partial charge < -0.3 is 5.32 Å². The summed E-state index contributed by atoms with van der Waals surface area (Å²) in [6.45, 7) is 7.17. The number of piperazine rings is 1. The van der Waals surface area contributed by atoms with E-state index in [0.717, 1.165) is 25.2 Å². The molecular formula is C24H27FN4O2S. The zero-order valence-electron chi connectivity index (χ0n) is 18.1. The van der Waals surface area contributed by atoms with Crippen LogP contribution in [0, 0.1) is 5.82 Å². The van der Waals surface area contributed by atoms with E-state index in [1.54, 1.807) is 30.3 Å². The van der Waals surface area contributed by atoms with E-state index >= 15 is 0 Å². The van der Waals surface area contributed by atoms with E-state index in [0.29, 0.717) is 29.0 Å². The smallest absolute Gasteiger partial charge is 0.263 e. The second-order valence-corrected chi connectivity index (χ2v) is 10.0. The molecule has 1 fully saturated rings. The van der Waals surface area contributed by atoms with Crippen molar-refractivity contribution < 1.29 is 12.8 Å². The van der Waals surface area contributed by atoms with Crippen LogP contribution in [0.15, 0.2) is 71.8 Å². The second-order valence-electron chi connectivity index (χ2n) is 8.35. The van der Waals surface area contributed by atoms with Gasteiger partial charge in [0, 0.05) is 49.2 Å². The Balaban J connectivity index is 1.41. The lowest BCUT2D eigenvalue weighted by atomic mass is 10.1. The van der Waals surface area contributed by atoms with Crippen LogP contribution in [0.5, 0.6) is 0 Å². The third-order valence-corrected chi connectivity index (χ3v) is 6.80. The third kappa shape index (κ3) is 5.51. The van der Waals surface area contributed by atoms with E-state index in [4.69, 9.17) is 0 Å². The average Bonchev–Trinajstić information content (AvgIpc) is 2.75. The van der Waals surface area contributed by atoms with Gasteiger partial charge in [-0.25, -0.2) is 12.8 Å². The number of benzene rings is 2. The van der Waals surface area contributed by atoms with Crippen LogP contribution in [0.1, 0.15) is 19.4 Å². The molecule has 8 heteroatoms. The predicted molar refractivity (Wildman–Crippen MR) is 124 cm³/mol. The standard InChI is InChI=1S/C24H27FN4O2S/c1-17-14-29(15-18(2)27-17)16-19-3-9-22(10-4-19)28-32(30,31)23-11-12-24(26-13-23)20-5-7-21(25)8-6-20/h3-13,17-18,27-28H,14-16H2,1-2H3/t17-,18+. The lowest BCUT2D eigenvalue weighted by Gasteiger charge is -2.36. The highest BCUT2D eigenvalue weighted by atomic mass is 32.2. The Morgan fingerprint density at radius 3 is 2.25 bits per heavy atom. The molecule has 2 heterocycles. The third-order valence-electron chi connectivity index (χ3n) is 5.43. The minimum absolute atomic E-state index is 0.0660. The van der Waals surface area contributed by atoms with E-state index < -0.39 is 10.0 Å². The van der Waals surface area contributed by atoms with Crippen LogP contribution >= 0.6 is 0 Å². The molecule has 1 aliphatic rings. The van der Waals surface area contributed by atoms with Crippen molar-refractivity contribution in [2.75, 3.05) is 17.8 Å². The van der Waals surface area contributed by atoms with Gasteiger partial charge in [0.1, 0.15) is 10.7 Å². The largest absolute Gasteiger partial charge is 0.309 e. The molecule has 2 aromatic carbocycles. The quantitative estimate of drug-likeness (QED) is 0.592. The Bertz CT molecular complexity index is 1140. The highest BCUT2D eigenvalue weighted by molar-refractivity contribution is 7.92. The molecule has 2 atom stereocenters. The number of nitrogens with one attached hydrogen (secondary N) is 2. The van der Waals surface area contributed by atoms with Crippen molar-refractivity contribution in [3.05, 3.63) is 78.2 Å². The van der Waals surface area contributed by atoms with Crippen LogP contribution in [0.2, 0.25) is 0 Å². The molecule has 0 saturated carbocycles. The van der Waals surface area contributed by atoms with Gasteiger partial charge in [-0.2, -0.15) is 0 Å². The van der Waals surface area contributed by atoms with Gasteiger partial charge in [-0.15, -0.1) is 0 Å². The van der Waals surface area contributed by atoms with Crippen LogP contribution in [-0.2, 0) is 16.6 Å². The molecule has 0 amide bonds. The maximum Gasteiger partial charge on any atom is 0.263 e. The molecule has 0 spiro atoms. The van der Waals surface area contributed by atoms with Crippen molar-refractivity contribution in [3.63, 3.8) is 0 Å². The van der Waals surface area contributed by atoms with Crippen LogP contribution in [0.4, 0.5) is 10.1 Å². The zero-order chi connectivity index (χ0) is 22.7. The van der Waals surface area contributed by atoms with E-state index in [2.05, 4.69) is 33.8 Å². The Labute approximate surface area is 188 Å². The summed E-state index contributed by atoms with van der Waals surface area (Å²) >= 11 is 0. The van der Waals surface area contributed by atoms with Crippen molar-refractivity contribution in [3.8, 4) is 11.3 Å². The van der Waals surface area contributed by atoms with Crippen molar-refractivity contribution in [1.82, 2.24) is 15.2 Å². The summed E-state index contributed by atoms with van der Waals surface area (Å²) in [6, 6.07) is 17.4. The number of aromatic nitrogens is 1. The molecule has 0 radical (unpaired) electrons. The maximum absolute atomic E-state index is 13.1. The molecule has 6 nitrogen and oxygen atoms in total. The monoisotopic (exact) mass is 454 g/mol. The molecule has 0 bridgehead atoms. The van der Waals surface area contributed by atoms with Gasteiger partial charge in [0.05, 0.1) is 5.69 Å². The first kappa shape index (κ1) is 22.4. The van der Waals surface area contributed by atoms with E-state index in [1.807, 2.05) is 12.1 Å². The molecule has 32 heavy (non-hydrogen) atoms.